The summed E-state index contributed by atoms with van der Waals surface area (Å²) in [5.41, 5.74) is 3.51. The molecule has 0 heterocycles. The molecule has 0 radical (unpaired) electrons. The molecule has 0 saturated carbocycles. The van der Waals surface area contributed by atoms with Gasteiger partial charge in [0.2, 0.25) is 20.0 Å². The fourth-order valence-corrected chi connectivity index (χ4v) is 10.5. The molecule has 76 heavy (non-hydrogen) atoms. The molecule has 4 atom stereocenters. The summed E-state index contributed by atoms with van der Waals surface area (Å²) in [4.78, 5) is 49.3. The first-order valence-corrected chi connectivity index (χ1v) is 28.6. The predicted molar refractivity (Wildman–Crippen MR) is 275 cm³/mol. The fourth-order valence-electron chi connectivity index (χ4n) is 6.07. The van der Waals surface area contributed by atoms with Gasteiger partial charge in [0.1, 0.15) is 35.1 Å². The van der Waals surface area contributed by atoms with Crippen LogP contribution in [0.3, 0.4) is 0 Å². The Morgan fingerprint density at radius 3 is 0.776 bits per heavy atom. The summed E-state index contributed by atoms with van der Waals surface area (Å²) in [7, 11) is -16.2. The zero-order chi connectivity index (χ0) is 56.2. The molecule has 6 rings (SSSR count). The number of esters is 4. The molecule has 6 aromatic carbocycles. The van der Waals surface area contributed by atoms with Crippen LogP contribution in [0.5, 0.6) is 23.0 Å². The largest absolute Gasteiger partial charge is 0.425 e. The molecule has 0 aliphatic rings. The number of nitrogens with one attached hydrogen (secondary N) is 2. The van der Waals surface area contributed by atoms with E-state index >= 15 is 0 Å². The third-order valence-electron chi connectivity index (χ3n) is 10.4. The third-order valence-corrected chi connectivity index (χ3v) is 16.3. The Hall–Kier alpha value is -7.16. The maximum absolute atomic E-state index is 12.5. The number of hydrogen-bond donors (Lipinski definition) is 2. The Morgan fingerprint density at radius 1 is 0.329 bits per heavy atom. The molecule has 0 bridgehead atoms. The smallest absolute Gasteiger partial charge is 0.341 e. The SMILES string of the molecule is Cc1ccc(S(=O)(=O)N[C@@H](C)C(=O)Oc2ccc(OC(=O)[C@H](C)NS(=O)(=O)c3ccc(C)cc3)cc2)cc1.Cc1ccc(S(=O)(=O)O[C@@H](C)C(=O)Oc2ccc(OC(=O)[C@H](C)OS(=O)(=O)c3ccc(C)cc3)cc2)cc1. The summed E-state index contributed by atoms with van der Waals surface area (Å²) in [6.45, 7) is 12.4. The lowest BCUT2D eigenvalue weighted by Gasteiger charge is -2.15. The fraction of sp³-hybridized carbons (Fsp3) is 0.231. The van der Waals surface area contributed by atoms with Crippen LogP contribution < -0.4 is 28.4 Å². The van der Waals surface area contributed by atoms with Crippen LogP contribution in [0.1, 0.15) is 49.9 Å². The highest BCUT2D eigenvalue weighted by Gasteiger charge is 2.29. The number of rotatable bonds is 20. The third kappa shape index (κ3) is 17.5. The lowest BCUT2D eigenvalue weighted by molar-refractivity contribution is -0.142. The van der Waals surface area contributed by atoms with Gasteiger partial charge in [-0.05, 0) is 152 Å². The van der Waals surface area contributed by atoms with Crippen LogP contribution in [0.15, 0.2) is 165 Å². The van der Waals surface area contributed by atoms with Crippen molar-refractivity contribution >= 4 is 64.2 Å². The van der Waals surface area contributed by atoms with Gasteiger partial charge in [-0.3, -0.25) is 8.37 Å². The lowest BCUT2D eigenvalue weighted by Crippen LogP contribution is -2.40. The standard InChI is InChI=1S/C26H28N2O8S2.C26H26O10S2/c1-17-5-13-23(14-6-17)37(31,32)27-19(3)25(29)35-21-9-11-22(12-10-21)36-26(30)20(4)28-38(33,34)24-15-7-18(2)8-16-24;1-17-5-13-23(14-6-17)37(29,30)35-19(3)25(27)33-21-9-11-22(12-10-21)34-26(28)20(4)36-38(31,32)24-15-7-18(2)8-16-24/h5-16,19-20,27-28H,1-4H3;5-16,19-20H,1-4H3/t2*19-,20-/m00/s1. The minimum absolute atomic E-state index is 0.0179. The number of sulfonamides is 2. The van der Waals surface area contributed by atoms with E-state index in [0.717, 1.165) is 22.3 Å². The van der Waals surface area contributed by atoms with E-state index < -0.39 is 88.5 Å². The zero-order valence-corrected chi connectivity index (χ0v) is 45.4. The normalized spacial score (nSPS) is 13.4. The summed E-state index contributed by atoms with van der Waals surface area (Å²) in [5.74, 6) is -3.38. The average molecular weight is 1120 g/mol. The van der Waals surface area contributed by atoms with Crippen molar-refractivity contribution in [1.29, 1.82) is 0 Å². The Morgan fingerprint density at radius 2 is 0.539 bits per heavy atom. The van der Waals surface area contributed by atoms with Crippen molar-refractivity contribution in [1.82, 2.24) is 9.44 Å². The molecule has 6 aromatic rings. The highest BCUT2D eigenvalue weighted by molar-refractivity contribution is 7.90. The molecule has 0 spiro atoms. The van der Waals surface area contributed by atoms with Gasteiger partial charge >= 0.3 is 23.9 Å². The first-order chi connectivity index (χ1) is 35.5. The highest BCUT2D eigenvalue weighted by atomic mass is 32.2. The van der Waals surface area contributed by atoms with Crippen LogP contribution >= 0.6 is 0 Å². The molecule has 404 valence electrons. The molecule has 0 aliphatic heterocycles. The summed E-state index contributed by atoms with van der Waals surface area (Å²) in [6, 6.07) is 32.4. The monoisotopic (exact) mass is 1120 g/mol. The van der Waals surface area contributed by atoms with Gasteiger partial charge < -0.3 is 18.9 Å². The zero-order valence-electron chi connectivity index (χ0n) is 42.1. The van der Waals surface area contributed by atoms with Crippen molar-refractivity contribution in [3.63, 3.8) is 0 Å². The van der Waals surface area contributed by atoms with Crippen molar-refractivity contribution < 1.29 is 80.2 Å². The molecule has 0 aliphatic carbocycles. The van der Waals surface area contributed by atoms with Crippen molar-refractivity contribution in [2.45, 2.75) is 99.3 Å². The summed E-state index contributed by atoms with van der Waals surface area (Å²) >= 11 is 0. The number of carbonyl (C=O) groups is 4. The quantitative estimate of drug-likeness (QED) is 0.0465. The maximum Gasteiger partial charge on any atom is 0.341 e. The van der Waals surface area contributed by atoms with E-state index in [9.17, 15) is 52.8 Å². The molecule has 0 aromatic heterocycles. The Labute approximate surface area is 441 Å². The number of aryl methyl sites for hydroxylation is 4. The Balaban J connectivity index is 0.000000281. The van der Waals surface area contributed by atoms with Crippen LogP contribution in [0, 0.1) is 27.7 Å². The number of benzene rings is 6. The summed E-state index contributed by atoms with van der Waals surface area (Å²) in [5, 5.41) is 0. The molecule has 2 N–H and O–H groups in total. The van der Waals surface area contributed by atoms with E-state index in [0.29, 0.717) is 0 Å². The van der Waals surface area contributed by atoms with Crippen LogP contribution in [0.2, 0.25) is 0 Å². The number of hydrogen-bond acceptors (Lipinski definition) is 18. The van der Waals surface area contributed by atoms with Gasteiger partial charge in [-0.25, -0.2) is 36.0 Å². The van der Waals surface area contributed by atoms with Crippen LogP contribution in [0.4, 0.5) is 0 Å². The van der Waals surface area contributed by atoms with Gasteiger partial charge in [-0.2, -0.15) is 26.3 Å². The number of ether oxygens (including phenoxy) is 4. The average Bonchev–Trinajstić information content (AvgIpc) is 3.35. The molecule has 0 amide bonds. The Kier molecular flexibility index (Phi) is 20.1. The molecule has 24 heteroatoms. The minimum atomic E-state index is -4.19. The van der Waals surface area contributed by atoms with E-state index in [1.165, 1.54) is 125 Å². The molecular weight excluding hydrogens is 1070 g/mol. The van der Waals surface area contributed by atoms with Gasteiger partial charge in [0.15, 0.2) is 12.2 Å². The second-order valence-electron chi connectivity index (χ2n) is 17.0. The van der Waals surface area contributed by atoms with Crippen molar-refractivity contribution in [2.75, 3.05) is 0 Å². The highest BCUT2D eigenvalue weighted by Crippen LogP contribution is 2.23. The maximum atomic E-state index is 12.5. The molecule has 0 unspecified atom stereocenters. The van der Waals surface area contributed by atoms with Gasteiger partial charge in [-0.1, -0.05) is 70.8 Å². The predicted octanol–water partition coefficient (Wildman–Crippen LogP) is 6.55. The molecular formula is C52H54N2O18S4. The number of carbonyl (C=O) groups excluding carboxylic acids is 4. The topological polar surface area (TPSA) is 284 Å². The van der Waals surface area contributed by atoms with Gasteiger partial charge in [0, 0.05) is 0 Å². The van der Waals surface area contributed by atoms with E-state index in [1.54, 1.807) is 62.4 Å². The first kappa shape index (κ1) is 59.7. The van der Waals surface area contributed by atoms with Crippen LogP contribution in [-0.4, -0.2) is 81.8 Å². The summed E-state index contributed by atoms with van der Waals surface area (Å²) in [6.07, 6.45) is -2.88. The van der Waals surface area contributed by atoms with Crippen LogP contribution in [0.25, 0.3) is 0 Å². The van der Waals surface area contributed by atoms with Crippen molar-refractivity contribution in [2.24, 2.45) is 0 Å². The van der Waals surface area contributed by atoms with E-state index in [4.69, 9.17) is 27.3 Å². The summed E-state index contributed by atoms with van der Waals surface area (Å²) < 4.78 is 135. The second kappa shape index (κ2) is 25.6. The molecule has 0 fully saturated rings. The Bertz CT molecular complexity index is 3000. The lowest BCUT2D eigenvalue weighted by atomic mass is 10.2. The van der Waals surface area contributed by atoms with Gasteiger partial charge in [0.25, 0.3) is 20.2 Å². The minimum Gasteiger partial charge on any atom is -0.425 e. The van der Waals surface area contributed by atoms with E-state index in [-0.39, 0.29) is 42.6 Å². The van der Waals surface area contributed by atoms with Crippen LogP contribution in [-0.2, 0) is 67.8 Å². The van der Waals surface area contributed by atoms with Gasteiger partial charge in [0.05, 0.1) is 19.6 Å². The van der Waals surface area contributed by atoms with Gasteiger partial charge in [-0.15, -0.1) is 0 Å². The van der Waals surface area contributed by atoms with Crippen molar-refractivity contribution in [3.8, 4) is 23.0 Å². The molecule has 0 saturated heterocycles. The first-order valence-electron chi connectivity index (χ1n) is 22.8. The second-order valence-corrected chi connectivity index (χ2v) is 23.5. The molecule has 20 nitrogen and oxygen atoms in total. The van der Waals surface area contributed by atoms with E-state index in [2.05, 4.69) is 9.44 Å². The van der Waals surface area contributed by atoms with Crippen molar-refractivity contribution in [3.05, 3.63) is 168 Å². The van der Waals surface area contributed by atoms with E-state index in [1.807, 2.05) is 13.8 Å².